The van der Waals surface area contributed by atoms with Crippen LogP contribution >= 0.6 is 0 Å². The summed E-state index contributed by atoms with van der Waals surface area (Å²) < 4.78 is 0. The van der Waals surface area contributed by atoms with Crippen molar-refractivity contribution in [2.75, 3.05) is 11.9 Å². The average Bonchev–Trinajstić information content (AvgIpc) is 2.46. The fourth-order valence-electron chi connectivity index (χ4n) is 1.87. The SMILES string of the molecule is Cc1cccc(NC2=NCCCCC2)c1. The molecule has 0 bridgehead atoms. The van der Waals surface area contributed by atoms with Crippen LogP contribution in [-0.4, -0.2) is 12.4 Å². The van der Waals surface area contributed by atoms with Gasteiger partial charge in [-0.3, -0.25) is 4.99 Å². The van der Waals surface area contributed by atoms with Gasteiger partial charge in [0.25, 0.3) is 0 Å². The molecule has 1 aromatic rings. The summed E-state index contributed by atoms with van der Waals surface area (Å²) in [6.07, 6.45) is 4.90. The van der Waals surface area contributed by atoms with Gasteiger partial charge in [0.15, 0.2) is 0 Å². The van der Waals surface area contributed by atoms with E-state index in [0.29, 0.717) is 0 Å². The number of anilines is 1. The molecule has 80 valence electrons. The molecule has 0 saturated carbocycles. The maximum Gasteiger partial charge on any atom is 0.101 e. The van der Waals surface area contributed by atoms with Crippen LogP contribution in [0.1, 0.15) is 31.2 Å². The van der Waals surface area contributed by atoms with E-state index < -0.39 is 0 Å². The van der Waals surface area contributed by atoms with Gasteiger partial charge in [-0.05, 0) is 37.5 Å². The first kappa shape index (κ1) is 10.2. The Morgan fingerprint density at radius 3 is 3.00 bits per heavy atom. The van der Waals surface area contributed by atoms with Gasteiger partial charge in [0.2, 0.25) is 0 Å². The van der Waals surface area contributed by atoms with Crippen LogP contribution in [0, 0.1) is 6.92 Å². The van der Waals surface area contributed by atoms with Crippen LogP contribution in [0.2, 0.25) is 0 Å². The second kappa shape index (κ2) is 4.96. The van der Waals surface area contributed by atoms with E-state index in [1.54, 1.807) is 0 Å². The van der Waals surface area contributed by atoms with Crippen molar-refractivity contribution in [3.63, 3.8) is 0 Å². The molecule has 2 heteroatoms. The zero-order valence-corrected chi connectivity index (χ0v) is 9.29. The Morgan fingerprint density at radius 1 is 1.20 bits per heavy atom. The number of rotatable bonds is 1. The van der Waals surface area contributed by atoms with Gasteiger partial charge in [-0.25, -0.2) is 0 Å². The lowest BCUT2D eigenvalue weighted by molar-refractivity contribution is 0.731. The molecule has 0 radical (unpaired) electrons. The van der Waals surface area contributed by atoms with Gasteiger partial charge in [-0.1, -0.05) is 18.6 Å². The third-order valence-electron chi connectivity index (χ3n) is 2.68. The number of aliphatic imine (C=N–C) groups is 1. The second-order valence-electron chi connectivity index (χ2n) is 4.13. The summed E-state index contributed by atoms with van der Waals surface area (Å²) in [6, 6.07) is 8.45. The lowest BCUT2D eigenvalue weighted by Crippen LogP contribution is -2.11. The molecule has 0 amide bonds. The Labute approximate surface area is 91.4 Å². The van der Waals surface area contributed by atoms with E-state index in [1.165, 1.54) is 24.8 Å². The largest absolute Gasteiger partial charge is 0.344 e. The number of benzene rings is 1. The van der Waals surface area contributed by atoms with Crippen molar-refractivity contribution < 1.29 is 0 Å². The number of hydrogen-bond acceptors (Lipinski definition) is 2. The zero-order chi connectivity index (χ0) is 10.5. The monoisotopic (exact) mass is 202 g/mol. The highest BCUT2D eigenvalue weighted by Gasteiger charge is 2.04. The molecule has 1 aromatic carbocycles. The van der Waals surface area contributed by atoms with Crippen LogP contribution in [0.5, 0.6) is 0 Å². The third kappa shape index (κ3) is 3.08. The Morgan fingerprint density at radius 2 is 2.13 bits per heavy atom. The number of nitrogens with zero attached hydrogens (tertiary/aromatic N) is 1. The highest BCUT2D eigenvalue weighted by atomic mass is 15.0. The number of hydrogen-bond donors (Lipinski definition) is 1. The molecule has 2 rings (SSSR count). The molecular weight excluding hydrogens is 184 g/mol. The molecule has 1 heterocycles. The number of amidine groups is 1. The fourth-order valence-corrected chi connectivity index (χ4v) is 1.87. The lowest BCUT2D eigenvalue weighted by Gasteiger charge is -2.08. The van der Waals surface area contributed by atoms with E-state index >= 15 is 0 Å². The van der Waals surface area contributed by atoms with Gasteiger partial charge in [0.05, 0.1) is 0 Å². The van der Waals surface area contributed by atoms with E-state index in [1.807, 2.05) is 0 Å². The summed E-state index contributed by atoms with van der Waals surface area (Å²) in [5.74, 6) is 1.15. The average molecular weight is 202 g/mol. The minimum Gasteiger partial charge on any atom is -0.344 e. The molecule has 1 aliphatic heterocycles. The van der Waals surface area contributed by atoms with E-state index in [0.717, 1.165) is 24.5 Å². The maximum absolute atomic E-state index is 4.55. The highest BCUT2D eigenvalue weighted by Crippen LogP contribution is 2.13. The van der Waals surface area contributed by atoms with E-state index in [-0.39, 0.29) is 0 Å². The fraction of sp³-hybridized carbons (Fsp3) is 0.462. The molecule has 0 unspecified atom stereocenters. The van der Waals surface area contributed by atoms with Crippen molar-refractivity contribution in [2.24, 2.45) is 4.99 Å². The Bertz CT molecular complexity index is 355. The van der Waals surface area contributed by atoms with Gasteiger partial charge in [0.1, 0.15) is 5.84 Å². The van der Waals surface area contributed by atoms with Gasteiger partial charge in [-0.15, -0.1) is 0 Å². The van der Waals surface area contributed by atoms with Crippen molar-refractivity contribution in [3.8, 4) is 0 Å². The van der Waals surface area contributed by atoms with Crippen LogP contribution < -0.4 is 5.32 Å². The van der Waals surface area contributed by atoms with E-state index in [4.69, 9.17) is 0 Å². The maximum atomic E-state index is 4.55. The quantitative estimate of drug-likeness (QED) is 0.741. The van der Waals surface area contributed by atoms with Crippen molar-refractivity contribution in [1.82, 2.24) is 0 Å². The first-order valence-electron chi connectivity index (χ1n) is 5.71. The summed E-state index contributed by atoms with van der Waals surface area (Å²) in [5.41, 5.74) is 2.45. The standard InChI is InChI=1S/C13H18N2/c1-11-6-5-7-12(10-11)15-13-8-3-2-4-9-14-13/h5-7,10H,2-4,8-9H2,1H3,(H,14,15). The predicted molar refractivity (Wildman–Crippen MR) is 65.6 cm³/mol. The molecule has 0 aliphatic carbocycles. The minimum absolute atomic E-state index is 0.980. The molecule has 0 saturated heterocycles. The summed E-state index contributed by atoms with van der Waals surface area (Å²) in [4.78, 5) is 4.55. The summed E-state index contributed by atoms with van der Waals surface area (Å²) in [7, 11) is 0. The number of aryl methyl sites for hydroxylation is 1. The first-order chi connectivity index (χ1) is 7.34. The molecule has 2 nitrogen and oxygen atoms in total. The molecule has 0 atom stereocenters. The van der Waals surface area contributed by atoms with E-state index in [9.17, 15) is 0 Å². The second-order valence-corrected chi connectivity index (χ2v) is 4.13. The molecule has 0 aromatic heterocycles. The van der Waals surface area contributed by atoms with Crippen LogP contribution in [0.15, 0.2) is 29.3 Å². The summed E-state index contributed by atoms with van der Waals surface area (Å²) in [6.45, 7) is 3.09. The summed E-state index contributed by atoms with van der Waals surface area (Å²) >= 11 is 0. The Kier molecular flexibility index (Phi) is 3.38. The first-order valence-corrected chi connectivity index (χ1v) is 5.71. The van der Waals surface area contributed by atoms with Crippen LogP contribution in [0.25, 0.3) is 0 Å². The molecule has 0 spiro atoms. The Balaban J connectivity index is 2.04. The molecule has 15 heavy (non-hydrogen) atoms. The van der Waals surface area contributed by atoms with Crippen LogP contribution in [0.3, 0.4) is 0 Å². The summed E-state index contributed by atoms with van der Waals surface area (Å²) in [5, 5.41) is 3.41. The van der Waals surface area contributed by atoms with Crippen molar-refractivity contribution in [2.45, 2.75) is 32.6 Å². The van der Waals surface area contributed by atoms with Crippen molar-refractivity contribution >= 4 is 11.5 Å². The van der Waals surface area contributed by atoms with Gasteiger partial charge >= 0.3 is 0 Å². The molecule has 1 N–H and O–H groups in total. The van der Waals surface area contributed by atoms with Gasteiger partial charge in [0, 0.05) is 18.7 Å². The zero-order valence-electron chi connectivity index (χ0n) is 9.29. The minimum atomic E-state index is 0.980. The van der Waals surface area contributed by atoms with Crippen LogP contribution in [0.4, 0.5) is 5.69 Å². The van der Waals surface area contributed by atoms with Gasteiger partial charge < -0.3 is 5.32 Å². The molecule has 0 fully saturated rings. The number of nitrogens with one attached hydrogen (secondary N) is 1. The topological polar surface area (TPSA) is 24.4 Å². The third-order valence-corrected chi connectivity index (χ3v) is 2.68. The van der Waals surface area contributed by atoms with E-state index in [2.05, 4.69) is 41.5 Å². The van der Waals surface area contributed by atoms with Gasteiger partial charge in [-0.2, -0.15) is 0 Å². The normalized spacial score (nSPS) is 16.7. The highest BCUT2D eigenvalue weighted by molar-refractivity contribution is 5.95. The Hall–Kier alpha value is -1.31. The predicted octanol–water partition coefficient (Wildman–Crippen LogP) is 3.38. The molecular formula is C13H18N2. The molecule has 1 aliphatic rings. The van der Waals surface area contributed by atoms with Crippen molar-refractivity contribution in [3.05, 3.63) is 29.8 Å². The van der Waals surface area contributed by atoms with Crippen LogP contribution in [-0.2, 0) is 0 Å². The van der Waals surface area contributed by atoms with Crippen molar-refractivity contribution in [1.29, 1.82) is 0 Å². The lowest BCUT2D eigenvalue weighted by atomic mass is 10.2. The smallest absolute Gasteiger partial charge is 0.101 e.